The monoisotopic (exact) mass is 402 g/mol. The predicted octanol–water partition coefficient (Wildman–Crippen LogP) is 4.04. The molecule has 30 heavy (non-hydrogen) atoms. The summed E-state index contributed by atoms with van der Waals surface area (Å²) in [6, 6.07) is 17.7. The highest BCUT2D eigenvalue weighted by atomic mass is 16.5. The van der Waals surface area contributed by atoms with Crippen molar-refractivity contribution in [2.24, 2.45) is 0 Å². The summed E-state index contributed by atoms with van der Waals surface area (Å²) in [5, 5.41) is 0. The molecule has 0 unspecified atom stereocenters. The molecule has 3 aromatic carbocycles. The van der Waals surface area contributed by atoms with Crippen LogP contribution in [0.2, 0.25) is 0 Å². The van der Waals surface area contributed by atoms with Gasteiger partial charge in [0.05, 0.1) is 29.0 Å². The van der Waals surface area contributed by atoms with E-state index in [1.807, 2.05) is 0 Å². The Labute approximate surface area is 172 Å². The number of rotatable bonds is 5. The Morgan fingerprint density at radius 2 is 1.50 bits per heavy atom. The van der Waals surface area contributed by atoms with Gasteiger partial charge in [0, 0.05) is 5.69 Å². The van der Waals surface area contributed by atoms with Crippen molar-refractivity contribution in [1.82, 2.24) is 0 Å². The molecule has 1 aliphatic rings. The summed E-state index contributed by atoms with van der Waals surface area (Å²) in [4.78, 5) is 38.6. The summed E-state index contributed by atoms with van der Waals surface area (Å²) >= 11 is 0. The number of nitrogen functional groups attached to an aromatic ring is 1. The molecule has 7 heteroatoms. The molecule has 2 N–H and O–H groups in total. The SMILES string of the molecule is CCOC(=O)c1ccc(N2C(=O)c3ccc(Oc4ccc(N)cc4)cc3C2=O)cc1. The summed E-state index contributed by atoms with van der Waals surface area (Å²) in [6.07, 6.45) is 0. The van der Waals surface area contributed by atoms with Crippen LogP contribution in [0, 0.1) is 0 Å². The third kappa shape index (κ3) is 3.48. The van der Waals surface area contributed by atoms with Crippen LogP contribution in [0.25, 0.3) is 0 Å². The van der Waals surface area contributed by atoms with Crippen LogP contribution >= 0.6 is 0 Å². The molecule has 0 bridgehead atoms. The van der Waals surface area contributed by atoms with E-state index >= 15 is 0 Å². The van der Waals surface area contributed by atoms with Crippen LogP contribution in [0.3, 0.4) is 0 Å². The molecule has 0 radical (unpaired) electrons. The van der Waals surface area contributed by atoms with Crippen molar-refractivity contribution >= 4 is 29.2 Å². The first-order valence-corrected chi connectivity index (χ1v) is 9.31. The maximum atomic E-state index is 12.9. The smallest absolute Gasteiger partial charge is 0.338 e. The van der Waals surface area contributed by atoms with Crippen LogP contribution in [0.5, 0.6) is 11.5 Å². The standard InChI is InChI=1S/C23H18N2O5/c1-2-29-23(28)14-3-7-16(8-4-14)25-21(26)19-12-11-18(13-20(19)22(25)27)30-17-9-5-15(24)6-10-17/h3-13H,2,24H2,1H3. The molecule has 0 atom stereocenters. The van der Waals surface area contributed by atoms with Gasteiger partial charge < -0.3 is 15.2 Å². The number of nitrogens with zero attached hydrogens (tertiary/aromatic N) is 1. The lowest BCUT2D eigenvalue weighted by atomic mass is 10.1. The molecular weight excluding hydrogens is 384 g/mol. The van der Waals surface area contributed by atoms with E-state index in [1.54, 1.807) is 61.5 Å². The minimum atomic E-state index is -0.462. The lowest BCUT2D eigenvalue weighted by Gasteiger charge is -2.14. The molecule has 1 aliphatic heterocycles. The molecule has 0 fully saturated rings. The van der Waals surface area contributed by atoms with Crippen LogP contribution in [0.1, 0.15) is 38.0 Å². The minimum absolute atomic E-state index is 0.252. The van der Waals surface area contributed by atoms with E-state index < -0.39 is 17.8 Å². The predicted molar refractivity (Wildman–Crippen MR) is 111 cm³/mol. The number of esters is 1. The number of carbonyl (C=O) groups excluding carboxylic acids is 3. The number of amides is 2. The van der Waals surface area contributed by atoms with Gasteiger partial charge in [-0.2, -0.15) is 0 Å². The minimum Gasteiger partial charge on any atom is -0.462 e. The van der Waals surface area contributed by atoms with Crippen LogP contribution in [0.15, 0.2) is 66.7 Å². The second kappa shape index (κ2) is 7.71. The number of anilines is 2. The zero-order valence-corrected chi connectivity index (χ0v) is 16.1. The summed E-state index contributed by atoms with van der Waals surface area (Å²) < 4.78 is 10.7. The van der Waals surface area contributed by atoms with Crippen molar-refractivity contribution in [3.8, 4) is 11.5 Å². The van der Waals surface area contributed by atoms with Crippen molar-refractivity contribution in [2.45, 2.75) is 6.92 Å². The molecule has 150 valence electrons. The molecule has 0 saturated carbocycles. The van der Waals surface area contributed by atoms with Gasteiger partial charge >= 0.3 is 5.97 Å². The Morgan fingerprint density at radius 1 is 0.867 bits per heavy atom. The number of hydrogen-bond donors (Lipinski definition) is 1. The Morgan fingerprint density at radius 3 is 2.17 bits per heavy atom. The summed E-state index contributed by atoms with van der Waals surface area (Å²) in [5.41, 5.74) is 7.54. The molecule has 4 rings (SSSR count). The average Bonchev–Trinajstić information content (AvgIpc) is 3.00. The molecule has 0 spiro atoms. The van der Waals surface area contributed by atoms with Crippen molar-refractivity contribution in [1.29, 1.82) is 0 Å². The second-order valence-electron chi connectivity index (χ2n) is 6.59. The van der Waals surface area contributed by atoms with E-state index in [2.05, 4.69) is 0 Å². The number of hydrogen-bond acceptors (Lipinski definition) is 6. The average molecular weight is 402 g/mol. The highest BCUT2D eigenvalue weighted by Crippen LogP contribution is 2.32. The molecule has 1 heterocycles. The first kappa shape index (κ1) is 19.2. The van der Waals surface area contributed by atoms with E-state index in [1.165, 1.54) is 12.1 Å². The maximum Gasteiger partial charge on any atom is 0.338 e. The molecular formula is C23H18N2O5. The fourth-order valence-corrected chi connectivity index (χ4v) is 3.15. The summed E-state index contributed by atoms with van der Waals surface area (Å²) in [5.74, 6) is -0.359. The van der Waals surface area contributed by atoms with Gasteiger partial charge in [0.25, 0.3) is 11.8 Å². The van der Waals surface area contributed by atoms with Crippen LogP contribution in [-0.4, -0.2) is 24.4 Å². The highest BCUT2D eigenvalue weighted by Gasteiger charge is 2.37. The quantitative estimate of drug-likeness (QED) is 0.393. The number of imide groups is 1. The summed E-state index contributed by atoms with van der Waals surface area (Å²) in [6.45, 7) is 1.98. The lowest BCUT2D eigenvalue weighted by molar-refractivity contribution is 0.0526. The molecule has 3 aromatic rings. The van der Waals surface area contributed by atoms with Crippen LogP contribution in [-0.2, 0) is 4.74 Å². The van der Waals surface area contributed by atoms with Crippen molar-refractivity contribution in [3.63, 3.8) is 0 Å². The Kier molecular flexibility index (Phi) is 4.93. The van der Waals surface area contributed by atoms with E-state index in [0.29, 0.717) is 34.0 Å². The van der Waals surface area contributed by atoms with E-state index in [9.17, 15) is 14.4 Å². The highest BCUT2D eigenvalue weighted by molar-refractivity contribution is 6.34. The summed E-state index contributed by atoms with van der Waals surface area (Å²) in [7, 11) is 0. The molecule has 0 aliphatic carbocycles. The van der Waals surface area contributed by atoms with Gasteiger partial charge in [-0.1, -0.05) is 0 Å². The van der Waals surface area contributed by atoms with Gasteiger partial charge in [-0.05, 0) is 73.7 Å². The van der Waals surface area contributed by atoms with Gasteiger partial charge in [-0.3, -0.25) is 9.59 Å². The van der Waals surface area contributed by atoms with Gasteiger partial charge in [0.1, 0.15) is 11.5 Å². The number of benzene rings is 3. The zero-order valence-electron chi connectivity index (χ0n) is 16.1. The Hall–Kier alpha value is -4.13. The maximum absolute atomic E-state index is 12.9. The van der Waals surface area contributed by atoms with E-state index in [-0.39, 0.29) is 12.2 Å². The van der Waals surface area contributed by atoms with Gasteiger partial charge in [0.2, 0.25) is 0 Å². The van der Waals surface area contributed by atoms with Crippen molar-refractivity contribution in [2.75, 3.05) is 17.2 Å². The molecule has 0 saturated heterocycles. The number of carbonyl (C=O) groups is 3. The number of nitrogens with two attached hydrogens (primary N) is 1. The largest absolute Gasteiger partial charge is 0.462 e. The molecule has 0 aromatic heterocycles. The van der Waals surface area contributed by atoms with E-state index in [4.69, 9.17) is 15.2 Å². The van der Waals surface area contributed by atoms with Crippen molar-refractivity contribution in [3.05, 3.63) is 83.4 Å². The normalized spacial score (nSPS) is 12.6. The lowest BCUT2D eigenvalue weighted by Crippen LogP contribution is -2.29. The third-order valence-electron chi connectivity index (χ3n) is 4.61. The van der Waals surface area contributed by atoms with Gasteiger partial charge in [-0.25, -0.2) is 9.69 Å². The Balaban J connectivity index is 1.58. The number of fused-ring (bicyclic) bond motifs is 1. The van der Waals surface area contributed by atoms with Crippen LogP contribution < -0.4 is 15.4 Å². The van der Waals surface area contributed by atoms with Gasteiger partial charge in [0.15, 0.2) is 0 Å². The topological polar surface area (TPSA) is 98.9 Å². The van der Waals surface area contributed by atoms with Gasteiger partial charge in [-0.15, -0.1) is 0 Å². The van der Waals surface area contributed by atoms with E-state index in [0.717, 1.165) is 4.90 Å². The third-order valence-corrected chi connectivity index (χ3v) is 4.61. The zero-order chi connectivity index (χ0) is 21.3. The number of ether oxygens (including phenoxy) is 2. The fourth-order valence-electron chi connectivity index (χ4n) is 3.15. The van der Waals surface area contributed by atoms with Crippen molar-refractivity contribution < 1.29 is 23.9 Å². The molecule has 7 nitrogen and oxygen atoms in total. The fraction of sp³-hybridized carbons (Fsp3) is 0.0870. The molecule has 2 amide bonds. The first-order valence-electron chi connectivity index (χ1n) is 9.31. The second-order valence-corrected chi connectivity index (χ2v) is 6.59. The first-order chi connectivity index (χ1) is 14.5. The Bertz CT molecular complexity index is 1140. The van der Waals surface area contributed by atoms with Crippen LogP contribution in [0.4, 0.5) is 11.4 Å².